The SMILES string of the molecule is c1ccc(-c2cccc(-n3c4ccccc4c4cc(-c5ccc6c(c5)c5ccccc5n6-c5ccc(-c6ccccc6)cc5-c5ccccc5)ccc43)c2)cc1. The monoisotopic (exact) mass is 712 g/mol. The molecule has 2 nitrogen and oxygen atoms in total. The lowest BCUT2D eigenvalue weighted by Gasteiger charge is -2.16. The maximum atomic E-state index is 2.45. The molecule has 0 aliphatic heterocycles. The summed E-state index contributed by atoms with van der Waals surface area (Å²) in [5, 5.41) is 4.98. The summed E-state index contributed by atoms with van der Waals surface area (Å²) in [5.41, 5.74) is 16.8. The fraction of sp³-hybridized carbons (Fsp3) is 0. The van der Waals surface area contributed by atoms with Crippen molar-refractivity contribution in [3.05, 3.63) is 218 Å². The van der Waals surface area contributed by atoms with Crippen LogP contribution < -0.4 is 0 Å². The molecule has 0 saturated carbocycles. The topological polar surface area (TPSA) is 9.86 Å². The van der Waals surface area contributed by atoms with Crippen LogP contribution in [0, 0.1) is 0 Å². The van der Waals surface area contributed by atoms with Gasteiger partial charge in [0.05, 0.1) is 27.8 Å². The average Bonchev–Trinajstić information content (AvgIpc) is 3.79. The van der Waals surface area contributed by atoms with E-state index in [0.29, 0.717) is 0 Å². The summed E-state index contributed by atoms with van der Waals surface area (Å²) in [7, 11) is 0. The summed E-state index contributed by atoms with van der Waals surface area (Å²) < 4.78 is 4.86. The Morgan fingerprint density at radius 2 is 0.661 bits per heavy atom. The summed E-state index contributed by atoms with van der Waals surface area (Å²) in [6.45, 7) is 0. The minimum absolute atomic E-state index is 1.16. The molecule has 0 N–H and O–H groups in total. The third-order valence-electron chi connectivity index (χ3n) is 11.3. The standard InChI is InChI=1S/C54H36N2/c1-4-15-37(16-5-1)40-21-14-22-44(33-40)55-50-25-12-10-23-45(50)48-35-42(28-31-53(48)55)43-29-32-54-49(36-43)46-24-11-13-26-51(46)56(54)52-30-27-41(38-17-6-2-7-18-38)34-47(52)39-19-8-3-9-20-39/h1-36H. The Morgan fingerprint density at radius 3 is 1.27 bits per heavy atom. The van der Waals surface area contributed by atoms with Crippen molar-refractivity contribution in [1.82, 2.24) is 9.13 Å². The van der Waals surface area contributed by atoms with Gasteiger partial charge in [-0.1, -0.05) is 158 Å². The zero-order valence-corrected chi connectivity index (χ0v) is 30.7. The van der Waals surface area contributed by atoms with Gasteiger partial charge in [-0.3, -0.25) is 0 Å². The second kappa shape index (κ2) is 13.2. The second-order valence-electron chi connectivity index (χ2n) is 14.5. The molecule has 262 valence electrons. The Bertz CT molecular complexity index is 3220. The van der Waals surface area contributed by atoms with Gasteiger partial charge in [-0.15, -0.1) is 0 Å². The van der Waals surface area contributed by atoms with E-state index in [0.717, 1.165) is 5.69 Å². The van der Waals surface area contributed by atoms with Crippen LogP contribution in [-0.2, 0) is 0 Å². The highest BCUT2D eigenvalue weighted by atomic mass is 15.0. The van der Waals surface area contributed by atoms with E-state index in [4.69, 9.17) is 0 Å². The third-order valence-corrected chi connectivity index (χ3v) is 11.3. The first-order chi connectivity index (χ1) is 27.8. The largest absolute Gasteiger partial charge is 0.309 e. The highest BCUT2D eigenvalue weighted by molar-refractivity contribution is 6.13. The molecule has 0 spiro atoms. The number of nitrogens with zero attached hydrogens (tertiary/aromatic N) is 2. The fourth-order valence-electron chi connectivity index (χ4n) is 8.69. The Morgan fingerprint density at radius 1 is 0.232 bits per heavy atom. The number of aromatic nitrogens is 2. The first-order valence-corrected chi connectivity index (χ1v) is 19.3. The van der Waals surface area contributed by atoms with Gasteiger partial charge in [-0.05, 0) is 99.6 Å². The molecule has 56 heavy (non-hydrogen) atoms. The molecule has 0 atom stereocenters. The number of hydrogen-bond acceptors (Lipinski definition) is 0. The van der Waals surface area contributed by atoms with Crippen molar-refractivity contribution < 1.29 is 0 Å². The molecular formula is C54H36N2. The zero-order valence-electron chi connectivity index (χ0n) is 30.7. The van der Waals surface area contributed by atoms with Crippen LogP contribution in [0.3, 0.4) is 0 Å². The molecule has 0 radical (unpaired) electrons. The molecule has 0 saturated heterocycles. The molecule has 0 bridgehead atoms. The Balaban J connectivity index is 1.07. The fourth-order valence-corrected chi connectivity index (χ4v) is 8.69. The normalized spacial score (nSPS) is 11.6. The quantitative estimate of drug-likeness (QED) is 0.162. The predicted octanol–water partition coefficient (Wildman–Crippen LogP) is 14.5. The van der Waals surface area contributed by atoms with Gasteiger partial charge in [0, 0.05) is 32.8 Å². The molecule has 0 unspecified atom stereocenters. The van der Waals surface area contributed by atoms with Crippen molar-refractivity contribution in [3.8, 4) is 55.9 Å². The molecule has 11 aromatic rings. The van der Waals surface area contributed by atoms with Crippen molar-refractivity contribution in [1.29, 1.82) is 0 Å². The molecule has 0 fully saturated rings. The molecule has 0 aliphatic rings. The summed E-state index contributed by atoms with van der Waals surface area (Å²) in [4.78, 5) is 0. The van der Waals surface area contributed by atoms with Crippen LogP contribution in [0.5, 0.6) is 0 Å². The minimum Gasteiger partial charge on any atom is -0.309 e. The number of fused-ring (bicyclic) bond motifs is 6. The Labute approximate surface area is 325 Å². The van der Waals surface area contributed by atoms with E-state index in [2.05, 4.69) is 228 Å². The van der Waals surface area contributed by atoms with E-state index in [1.807, 2.05) is 0 Å². The van der Waals surface area contributed by atoms with Crippen LogP contribution in [-0.4, -0.2) is 9.13 Å². The van der Waals surface area contributed by atoms with Crippen molar-refractivity contribution in [2.24, 2.45) is 0 Å². The van der Waals surface area contributed by atoms with Crippen LogP contribution >= 0.6 is 0 Å². The van der Waals surface area contributed by atoms with Gasteiger partial charge in [0.1, 0.15) is 0 Å². The zero-order chi connectivity index (χ0) is 37.0. The van der Waals surface area contributed by atoms with Gasteiger partial charge < -0.3 is 9.13 Å². The summed E-state index contributed by atoms with van der Waals surface area (Å²) >= 11 is 0. The van der Waals surface area contributed by atoms with E-state index in [1.165, 1.54) is 93.8 Å². The molecule has 2 heterocycles. The van der Waals surface area contributed by atoms with Gasteiger partial charge in [-0.2, -0.15) is 0 Å². The smallest absolute Gasteiger partial charge is 0.0541 e. The van der Waals surface area contributed by atoms with Crippen LogP contribution in [0.2, 0.25) is 0 Å². The molecule has 2 aromatic heterocycles. The molecule has 9 aromatic carbocycles. The summed E-state index contributed by atoms with van der Waals surface area (Å²) in [5.74, 6) is 0. The van der Waals surface area contributed by atoms with Gasteiger partial charge >= 0.3 is 0 Å². The Kier molecular flexibility index (Phi) is 7.53. The molecule has 0 amide bonds. The predicted molar refractivity (Wildman–Crippen MR) is 237 cm³/mol. The van der Waals surface area contributed by atoms with E-state index in [1.54, 1.807) is 0 Å². The summed E-state index contributed by atoms with van der Waals surface area (Å²) in [6, 6.07) is 79.4. The lowest BCUT2D eigenvalue weighted by molar-refractivity contribution is 1.18. The molecule has 2 heteroatoms. The lowest BCUT2D eigenvalue weighted by atomic mass is 9.97. The minimum atomic E-state index is 1.16. The van der Waals surface area contributed by atoms with Gasteiger partial charge in [0.2, 0.25) is 0 Å². The highest BCUT2D eigenvalue weighted by Gasteiger charge is 2.19. The maximum Gasteiger partial charge on any atom is 0.0541 e. The number of rotatable bonds is 6. The van der Waals surface area contributed by atoms with Crippen LogP contribution in [0.15, 0.2) is 218 Å². The van der Waals surface area contributed by atoms with Crippen LogP contribution in [0.4, 0.5) is 0 Å². The second-order valence-corrected chi connectivity index (χ2v) is 14.5. The van der Waals surface area contributed by atoms with Crippen molar-refractivity contribution in [3.63, 3.8) is 0 Å². The first kappa shape index (κ1) is 32.0. The highest BCUT2D eigenvalue weighted by Crippen LogP contribution is 2.41. The van der Waals surface area contributed by atoms with E-state index in [9.17, 15) is 0 Å². The summed E-state index contributed by atoms with van der Waals surface area (Å²) in [6.07, 6.45) is 0. The number of benzene rings is 9. The van der Waals surface area contributed by atoms with Gasteiger partial charge in [0.25, 0.3) is 0 Å². The van der Waals surface area contributed by atoms with E-state index in [-0.39, 0.29) is 0 Å². The van der Waals surface area contributed by atoms with E-state index < -0.39 is 0 Å². The average molecular weight is 713 g/mol. The van der Waals surface area contributed by atoms with Gasteiger partial charge in [-0.25, -0.2) is 0 Å². The van der Waals surface area contributed by atoms with Crippen LogP contribution in [0.25, 0.3) is 99.5 Å². The number of hydrogen-bond donors (Lipinski definition) is 0. The maximum absolute atomic E-state index is 2.45. The van der Waals surface area contributed by atoms with Crippen molar-refractivity contribution >= 4 is 43.6 Å². The third kappa shape index (κ3) is 5.26. The Hall–Kier alpha value is -7.42. The van der Waals surface area contributed by atoms with Crippen molar-refractivity contribution in [2.75, 3.05) is 0 Å². The first-order valence-electron chi connectivity index (χ1n) is 19.3. The number of para-hydroxylation sites is 2. The van der Waals surface area contributed by atoms with E-state index >= 15 is 0 Å². The lowest BCUT2D eigenvalue weighted by Crippen LogP contribution is -1.98. The molecule has 11 rings (SSSR count). The van der Waals surface area contributed by atoms with Crippen molar-refractivity contribution in [2.45, 2.75) is 0 Å². The van der Waals surface area contributed by atoms with Gasteiger partial charge in [0.15, 0.2) is 0 Å². The molecule has 0 aliphatic carbocycles. The van der Waals surface area contributed by atoms with Crippen LogP contribution in [0.1, 0.15) is 0 Å². The molecular weight excluding hydrogens is 677 g/mol.